The van der Waals surface area contributed by atoms with Crippen LogP contribution in [-0.2, 0) is 16.0 Å². The third-order valence-corrected chi connectivity index (χ3v) is 3.60. The van der Waals surface area contributed by atoms with E-state index in [1.807, 2.05) is 48.5 Å². The van der Waals surface area contributed by atoms with Crippen LogP contribution < -0.4 is 9.47 Å². The highest BCUT2D eigenvalue weighted by Gasteiger charge is 2.22. The van der Waals surface area contributed by atoms with Crippen molar-refractivity contribution in [2.24, 2.45) is 0 Å². The summed E-state index contributed by atoms with van der Waals surface area (Å²) < 4.78 is 15.2. The summed E-state index contributed by atoms with van der Waals surface area (Å²) in [7, 11) is 4.65. The molecule has 4 heteroatoms. The summed E-state index contributed by atoms with van der Waals surface area (Å²) in [6.07, 6.45) is 0.572. The van der Waals surface area contributed by atoms with E-state index in [0.717, 1.165) is 22.6 Å². The van der Waals surface area contributed by atoms with Gasteiger partial charge in [0.1, 0.15) is 11.5 Å². The van der Waals surface area contributed by atoms with E-state index in [2.05, 4.69) is 0 Å². The molecular weight excluding hydrogens is 280 g/mol. The number of rotatable bonds is 6. The molecule has 0 N–H and O–H groups in total. The molecule has 0 saturated carbocycles. The Morgan fingerprint density at radius 2 is 1.36 bits per heavy atom. The Balaban J connectivity index is 2.22. The number of methoxy groups -OCH3 is 3. The highest BCUT2D eigenvalue weighted by atomic mass is 16.5. The van der Waals surface area contributed by atoms with E-state index in [0.29, 0.717) is 6.42 Å². The van der Waals surface area contributed by atoms with Gasteiger partial charge in [0.15, 0.2) is 0 Å². The van der Waals surface area contributed by atoms with E-state index in [-0.39, 0.29) is 11.9 Å². The molecule has 1 unspecified atom stereocenters. The highest BCUT2D eigenvalue weighted by Crippen LogP contribution is 2.25. The number of benzene rings is 2. The van der Waals surface area contributed by atoms with Gasteiger partial charge in [-0.2, -0.15) is 0 Å². The first-order chi connectivity index (χ1) is 10.7. The smallest absolute Gasteiger partial charge is 0.313 e. The van der Waals surface area contributed by atoms with E-state index in [1.165, 1.54) is 7.11 Å². The first-order valence-corrected chi connectivity index (χ1v) is 7.02. The van der Waals surface area contributed by atoms with Gasteiger partial charge in [-0.3, -0.25) is 4.79 Å². The monoisotopic (exact) mass is 300 g/mol. The molecule has 0 spiro atoms. The van der Waals surface area contributed by atoms with Crippen LogP contribution in [-0.4, -0.2) is 27.3 Å². The van der Waals surface area contributed by atoms with Crippen LogP contribution in [0, 0.1) is 0 Å². The minimum atomic E-state index is -0.343. The molecule has 2 rings (SSSR count). The second-order valence-corrected chi connectivity index (χ2v) is 4.90. The van der Waals surface area contributed by atoms with Crippen molar-refractivity contribution in [1.82, 2.24) is 0 Å². The van der Waals surface area contributed by atoms with Gasteiger partial charge in [-0.05, 0) is 41.8 Å². The van der Waals surface area contributed by atoms with E-state index >= 15 is 0 Å². The Kier molecular flexibility index (Phi) is 5.42. The van der Waals surface area contributed by atoms with Crippen LogP contribution in [0.5, 0.6) is 11.5 Å². The van der Waals surface area contributed by atoms with Crippen molar-refractivity contribution in [2.75, 3.05) is 21.3 Å². The predicted molar refractivity (Wildman–Crippen MR) is 84.4 cm³/mol. The van der Waals surface area contributed by atoms with Crippen LogP contribution in [0.25, 0.3) is 0 Å². The average molecular weight is 300 g/mol. The largest absolute Gasteiger partial charge is 0.497 e. The van der Waals surface area contributed by atoms with Gasteiger partial charge in [-0.1, -0.05) is 24.3 Å². The first kappa shape index (κ1) is 15.9. The molecule has 0 radical (unpaired) electrons. The standard InChI is InChI=1S/C18H20O4/c1-20-15-8-4-13(5-9-15)12-17(18(19)22-3)14-6-10-16(21-2)11-7-14/h4-11,17H,12H2,1-3H3. The molecule has 0 aliphatic carbocycles. The van der Waals surface area contributed by atoms with Crippen molar-refractivity contribution < 1.29 is 19.0 Å². The van der Waals surface area contributed by atoms with Crippen LogP contribution in [0.15, 0.2) is 48.5 Å². The zero-order chi connectivity index (χ0) is 15.9. The third-order valence-electron chi connectivity index (χ3n) is 3.60. The van der Waals surface area contributed by atoms with E-state index in [1.54, 1.807) is 14.2 Å². The maximum Gasteiger partial charge on any atom is 0.313 e. The maximum atomic E-state index is 12.1. The topological polar surface area (TPSA) is 44.8 Å². The Bertz CT molecular complexity index is 602. The fourth-order valence-corrected chi connectivity index (χ4v) is 2.31. The van der Waals surface area contributed by atoms with Crippen LogP contribution in [0.4, 0.5) is 0 Å². The predicted octanol–water partition coefficient (Wildman–Crippen LogP) is 3.20. The second-order valence-electron chi connectivity index (χ2n) is 4.90. The molecular formula is C18H20O4. The van der Waals surface area contributed by atoms with Crippen LogP contribution in [0.2, 0.25) is 0 Å². The van der Waals surface area contributed by atoms with Gasteiger partial charge in [-0.15, -0.1) is 0 Å². The van der Waals surface area contributed by atoms with Crippen LogP contribution in [0.1, 0.15) is 17.0 Å². The molecule has 0 aromatic heterocycles. The van der Waals surface area contributed by atoms with Gasteiger partial charge >= 0.3 is 5.97 Å². The summed E-state index contributed by atoms with van der Waals surface area (Å²) in [6.45, 7) is 0. The molecule has 0 bridgehead atoms. The van der Waals surface area contributed by atoms with Crippen molar-refractivity contribution in [2.45, 2.75) is 12.3 Å². The average Bonchev–Trinajstić information content (AvgIpc) is 2.59. The van der Waals surface area contributed by atoms with Crippen molar-refractivity contribution in [1.29, 1.82) is 0 Å². The summed E-state index contributed by atoms with van der Waals surface area (Å²) in [5.41, 5.74) is 1.95. The van der Waals surface area contributed by atoms with Gasteiger partial charge in [-0.25, -0.2) is 0 Å². The summed E-state index contributed by atoms with van der Waals surface area (Å²) >= 11 is 0. The molecule has 116 valence electrons. The Morgan fingerprint density at radius 1 is 0.864 bits per heavy atom. The lowest BCUT2D eigenvalue weighted by Gasteiger charge is -2.16. The van der Waals surface area contributed by atoms with Gasteiger partial charge in [0.05, 0.1) is 27.2 Å². The fourth-order valence-electron chi connectivity index (χ4n) is 2.31. The molecule has 0 amide bonds. The minimum absolute atomic E-state index is 0.249. The van der Waals surface area contributed by atoms with Crippen LogP contribution >= 0.6 is 0 Å². The number of ether oxygens (including phenoxy) is 3. The SMILES string of the molecule is COC(=O)C(Cc1ccc(OC)cc1)c1ccc(OC)cc1. The molecule has 0 fully saturated rings. The number of hydrogen-bond donors (Lipinski definition) is 0. The number of hydrogen-bond acceptors (Lipinski definition) is 4. The normalized spacial score (nSPS) is 11.6. The van der Waals surface area contributed by atoms with E-state index in [9.17, 15) is 4.79 Å². The van der Waals surface area contributed by atoms with Gasteiger partial charge in [0.2, 0.25) is 0 Å². The molecule has 4 nitrogen and oxygen atoms in total. The lowest BCUT2D eigenvalue weighted by atomic mass is 9.92. The molecule has 2 aromatic rings. The van der Waals surface area contributed by atoms with E-state index < -0.39 is 0 Å². The quantitative estimate of drug-likeness (QED) is 0.769. The Hall–Kier alpha value is -2.49. The molecule has 22 heavy (non-hydrogen) atoms. The summed E-state index contributed by atoms with van der Waals surface area (Å²) in [5, 5.41) is 0. The number of carbonyl (C=O) groups excluding carboxylic acids is 1. The Morgan fingerprint density at radius 3 is 1.82 bits per heavy atom. The second kappa shape index (κ2) is 7.50. The van der Waals surface area contributed by atoms with Gasteiger partial charge in [0, 0.05) is 0 Å². The molecule has 0 aliphatic rings. The number of carbonyl (C=O) groups is 1. The minimum Gasteiger partial charge on any atom is -0.497 e. The summed E-state index contributed by atoms with van der Waals surface area (Å²) in [5.74, 6) is 0.963. The van der Waals surface area contributed by atoms with Crippen molar-refractivity contribution >= 4 is 5.97 Å². The van der Waals surface area contributed by atoms with Crippen molar-refractivity contribution in [3.63, 3.8) is 0 Å². The van der Waals surface area contributed by atoms with Crippen molar-refractivity contribution in [3.05, 3.63) is 59.7 Å². The zero-order valence-corrected chi connectivity index (χ0v) is 13.0. The summed E-state index contributed by atoms with van der Waals surface area (Å²) in [6, 6.07) is 15.2. The summed E-state index contributed by atoms with van der Waals surface area (Å²) in [4.78, 5) is 12.1. The Labute approximate surface area is 130 Å². The molecule has 0 saturated heterocycles. The zero-order valence-electron chi connectivity index (χ0n) is 13.0. The fraction of sp³-hybridized carbons (Fsp3) is 0.278. The number of esters is 1. The lowest BCUT2D eigenvalue weighted by Crippen LogP contribution is -2.16. The van der Waals surface area contributed by atoms with E-state index in [4.69, 9.17) is 14.2 Å². The van der Waals surface area contributed by atoms with Crippen molar-refractivity contribution in [3.8, 4) is 11.5 Å². The van der Waals surface area contributed by atoms with Gasteiger partial charge in [0.25, 0.3) is 0 Å². The molecule has 2 aromatic carbocycles. The molecule has 1 atom stereocenters. The first-order valence-electron chi connectivity index (χ1n) is 7.02. The van der Waals surface area contributed by atoms with Gasteiger partial charge < -0.3 is 14.2 Å². The highest BCUT2D eigenvalue weighted by molar-refractivity contribution is 5.78. The molecule has 0 aliphatic heterocycles. The lowest BCUT2D eigenvalue weighted by molar-refractivity contribution is -0.142. The third kappa shape index (κ3) is 3.79. The maximum absolute atomic E-state index is 12.1. The molecule has 0 heterocycles. The van der Waals surface area contributed by atoms with Crippen LogP contribution in [0.3, 0.4) is 0 Å².